The lowest BCUT2D eigenvalue weighted by molar-refractivity contribution is 0.0854. The van der Waals surface area contributed by atoms with E-state index in [9.17, 15) is 5.11 Å². The Hall–Kier alpha value is -4.38. The van der Waals surface area contributed by atoms with Crippen molar-refractivity contribution in [3.05, 3.63) is 167 Å². The summed E-state index contributed by atoms with van der Waals surface area (Å²) in [7, 11) is 0. The minimum atomic E-state index is -0.730. The maximum Gasteiger partial charge on any atom is 0.123 e. The lowest BCUT2D eigenvalue weighted by atomic mass is 10.0. The first-order valence-electron chi connectivity index (χ1n) is 14.6. The van der Waals surface area contributed by atoms with E-state index in [0.29, 0.717) is 31.3 Å². The second-order valence-corrected chi connectivity index (χ2v) is 10.8. The smallest absolute Gasteiger partial charge is 0.123 e. The van der Waals surface area contributed by atoms with Crippen molar-refractivity contribution >= 4 is 0 Å². The molecule has 4 heteroatoms. The molecule has 0 aliphatic rings. The Morgan fingerprint density at radius 3 is 1.48 bits per heavy atom. The molecule has 0 fully saturated rings. The SMILES string of the molecule is C[C@@H](Cc1ccccc1)N(Cc1ccccc1)C[C@@H](O)c1cc(OCc2ccccc2)cc(OCc2ccccc2)c1. The van der Waals surface area contributed by atoms with Crippen molar-refractivity contribution in [3.8, 4) is 11.5 Å². The molecule has 5 aromatic rings. The number of rotatable bonds is 14. The molecule has 0 unspecified atom stereocenters. The molecular weight excluding hydrogens is 518 g/mol. The maximum absolute atomic E-state index is 11.7. The molecule has 0 spiro atoms. The topological polar surface area (TPSA) is 41.9 Å². The fraction of sp³-hybridized carbons (Fsp3) is 0.211. The van der Waals surface area contributed by atoms with Crippen LogP contribution in [0.15, 0.2) is 140 Å². The van der Waals surface area contributed by atoms with Crippen LogP contribution in [0, 0.1) is 0 Å². The largest absolute Gasteiger partial charge is 0.489 e. The van der Waals surface area contributed by atoms with Crippen molar-refractivity contribution in [1.29, 1.82) is 0 Å². The van der Waals surface area contributed by atoms with Gasteiger partial charge in [0.15, 0.2) is 0 Å². The van der Waals surface area contributed by atoms with Crippen LogP contribution in [0.1, 0.15) is 40.8 Å². The van der Waals surface area contributed by atoms with Crippen LogP contribution in [0.2, 0.25) is 0 Å². The Morgan fingerprint density at radius 1 is 0.571 bits per heavy atom. The van der Waals surface area contributed by atoms with Gasteiger partial charge in [-0.2, -0.15) is 0 Å². The van der Waals surface area contributed by atoms with Crippen LogP contribution in [0.4, 0.5) is 0 Å². The molecule has 4 nitrogen and oxygen atoms in total. The highest BCUT2D eigenvalue weighted by atomic mass is 16.5. The molecule has 214 valence electrons. The van der Waals surface area contributed by atoms with Crippen LogP contribution in [-0.2, 0) is 26.2 Å². The summed E-state index contributed by atoms with van der Waals surface area (Å²) in [6, 6.07) is 47.2. The van der Waals surface area contributed by atoms with Gasteiger partial charge in [0.1, 0.15) is 24.7 Å². The van der Waals surface area contributed by atoms with E-state index in [1.54, 1.807) is 0 Å². The number of benzene rings is 5. The normalized spacial score (nSPS) is 12.5. The average molecular weight is 558 g/mol. The van der Waals surface area contributed by atoms with Gasteiger partial charge in [-0.3, -0.25) is 4.90 Å². The standard InChI is InChI=1S/C38H39NO3/c1-30(22-31-14-6-2-7-15-31)39(26-32-16-8-3-9-17-32)27-38(40)35-23-36(41-28-33-18-10-4-11-19-33)25-37(24-35)42-29-34-20-12-5-13-21-34/h2-21,23-25,30,38,40H,22,26-29H2,1H3/t30-,38+/m0/s1. The van der Waals surface area contributed by atoms with E-state index in [4.69, 9.17) is 9.47 Å². The van der Waals surface area contributed by atoms with Gasteiger partial charge in [0.2, 0.25) is 0 Å². The fourth-order valence-corrected chi connectivity index (χ4v) is 5.06. The third-order valence-electron chi connectivity index (χ3n) is 7.42. The number of hydrogen-bond acceptors (Lipinski definition) is 4. The highest BCUT2D eigenvalue weighted by molar-refractivity contribution is 5.40. The van der Waals surface area contributed by atoms with Crippen LogP contribution in [0.25, 0.3) is 0 Å². The van der Waals surface area contributed by atoms with E-state index in [2.05, 4.69) is 60.4 Å². The van der Waals surface area contributed by atoms with Crippen LogP contribution in [-0.4, -0.2) is 22.6 Å². The van der Waals surface area contributed by atoms with E-state index in [0.717, 1.165) is 29.7 Å². The first kappa shape index (κ1) is 29.1. The Balaban J connectivity index is 1.36. The molecule has 0 heterocycles. The van der Waals surface area contributed by atoms with Gasteiger partial charge in [-0.15, -0.1) is 0 Å². The minimum Gasteiger partial charge on any atom is -0.489 e. The Kier molecular flexibility index (Phi) is 10.4. The monoisotopic (exact) mass is 557 g/mol. The number of ether oxygens (including phenoxy) is 2. The Morgan fingerprint density at radius 2 is 1.00 bits per heavy atom. The fourth-order valence-electron chi connectivity index (χ4n) is 5.06. The first-order valence-corrected chi connectivity index (χ1v) is 14.6. The molecule has 2 atom stereocenters. The summed E-state index contributed by atoms with van der Waals surface area (Å²) in [5.74, 6) is 1.34. The maximum atomic E-state index is 11.7. The second-order valence-electron chi connectivity index (χ2n) is 10.8. The molecule has 1 N–H and O–H groups in total. The summed E-state index contributed by atoms with van der Waals surface area (Å²) in [6.07, 6.45) is 0.165. The van der Waals surface area contributed by atoms with E-state index < -0.39 is 6.10 Å². The van der Waals surface area contributed by atoms with E-state index in [1.807, 2.05) is 91.0 Å². The molecule has 0 aromatic heterocycles. The molecule has 5 rings (SSSR count). The summed E-state index contributed by atoms with van der Waals surface area (Å²) in [4.78, 5) is 2.36. The van der Waals surface area contributed by atoms with Crippen molar-refractivity contribution in [3.63, 3.8) is 0 Å². The van der Waals surface area contributed by atoms with E-state index >= 15 is 0 Å². The summed E-state index contributed by atoms with van der Waals surface area (Å²) in [6.45, 7) is 4.33. The summed E-state index contributed by atoms with van der Waals surface area (Å²) >= 11 is 0. The average Bonchev–Trinajstić information content (AvgIpc) is 3.04. The summed E-state index contributed by atoms with van der Waals surface area (Å²) < 4.78 is 12.4. The van der Waals surface area contributed by atoms with Gasteiger partial charge in [0.25, 0.3) is 0 Å². The van der Waals surface area contributed by atoms with Gasteiger partial charge in [0.05, 0.1) is 6.10 Å². The number of hydrogen-bond donors (Lipinski definition) is 1. The van der Waals surface area contributed by atoms with Crippen LogP contribution in [0.3, 0.4) is 0 Å². The quantitative estimate of drug-likeness (QED) is 0.150. The van der Waals surface area contributed by atoms with Crippen molar-refractivity contribution < 1.29 is 14.6 Å². The van der Waals surface area contributed by atoms with Crippen molar-refractivity contribution in [1.82, 2.24) is 4.90 Å². The Labute approximate surface area is 249 Å². The zero-order valence-corrected chi connectivity index (χ0v) is 24.2. The van der Waals surface area contributed by atoms with E-state index in [-0.39, 0.29) is 6.04 Å². The lowest BCUT2D eigenvalue weighted by Gasteiger charge is -2.31. The van der Waals surface area contributed by atoms with Gasteiger partial charge in [0, 0.05) is 25.2 Å². The van der Waals surface area contributed by atoms with Crippen LogP contribution < -0.4 is 9.47 Å². The van der Waals surface area contributed by atoms with Gasteiger partial charge in [-0.25, -0.2) is 0 Å². The molecular formula is C38H39NO3. The second kappa shape index (κ2) is 15.0. The zero-order valence-electron chi connectivity index (χ0n) is 24.2. The predicted octanol–water partition coefficient (Wildman–Crippen LogP) is 8.01. The van der Waals surface area contributed by atoms with Crippen molar-refractivity contribution in [2.75, 3.05) is 6.54 Å². The Bertz CT molecular complexity index is 1420. The number of nitrogens with zero attached hydrogens (tertiary/aromatic N) is 1. The van der Waals surface area contributed by atoms with Gasteiger partial charge in [-0.1, -0.05) is 121 Å². The van der Waals surface area contributed by atoms with Gasteiger partial charge in [-0.05, 0) is 53.3 Å². The summed E-state index contributed by atoms with van der Waals surface area (Å²) in [5.41, 5.74) is 5.44. The van der Waals surface area contributed by atoms with Crippen LogP contribution in [0.5, 0.6) is 11.5 Å². The number of aliphatic hydroxyl groups excluding tert-OH is 1. The predicted molar refractivity (Wildman–Crippen MR) is 169 cm³/mol. The third kappa shape index (κ3) is 8.81. The molecule has 5 aromatic carbocycles. The molecule has 0 saturated carbocycles. The molecule has 0 bridgehead atoms. The van der Waals surface area contributed by atoms with E-state index in [1.165, 1.54) is 11.1 Å². The zero-order chi connectivity index (χ0) is 29.0. The lowest BCUT2D eigenvalue weighted by Crippen LogP contribution is -2.37. The molecule has 0 aliphatic carbocycles. The van der Waals surface area contributed by atoms with Gasteiger partial charge >= 0.3 is 0 Å². The molecule has 0 radical (unpaired) electrons. The molecule has 0 saturated heterocycles. The number of aliphatic hydroxyl groups is 1. The first-order chi connectivity index (χ1) is 20.6. The van der Waals surface area contributed by atoms with Crippen LogP contribution >= 0.6 is 0 Å². The molecule has 0 amide bonds. The van der Waals surface area contributed by atoms with Crippen molar-refractivity contribution in [2.24, 2.45) is 0 Å². The highest BCUT2D eigenvalue weighted by Crippen LogP contribution is 2.29. The molecule has 0 aliphatic heterocycles. The highest BCUT2D eigenvalue weighted by Gasteiger charge is 2.21. The molecule has 42 heavy (non-hydrogen) atoms. The van der Waals surface area contributed by atoms with Gasteiger partial charge < -0.3 is 14.6 Å². The minimum absolute atomic E-state index is 0.216. The third-order valence-corrected chi connectivity index (χ3v) is 7.42. The van der Waals surface area contributed by atoms with Crippen molar-refractivity contribution in [2.45, 2.75) is 45.2 Å². The summed E-state index contributed by atoms with van der Waals surface area (Å²) in [5, 5.41) is 11.7.